The quantitative estimate of drug-likeness (QED) is 0.466. The molecular formula is C16H28N+. The Kier molecular flexibility index (Phi) is 6.28. The van der Waals surface area contributed by atoms with E-state index in [4.69, 9.17) is 0 Å². The first kappa shape index (κ1) is 14.2. The van der Waals surface area contributed by atoms with Gasteiger partial charge in [-0.15, -0.1) is 0 Å². The molecule has 0 aliphatic rings. The third-order valence-electron chi connectivity index (χ3n) is 3.72. The fourth-order valence-electron chi connectivity index (χ4n) is 2.29. The van der Waals surface area contributed by atoms with Gasteiger partial charge < -0.3 is 4.48 Å². The van der Waals surface area contributed by atoms with E-state index in [1.165, 1.54) is 55.4 Å². The highest BCUT2D eigenvalue weighted by Gasteiger charge is 2.18. The standard InChI is InChI=1S/C16H28N/c1-4-6-7-11-14-17(3,5-2)15-16-12-9-8-10-13-16/h8-10,12-13H,4-7,11,14-15H2,1-3H3/q+1. The predicted molar refractivity (Wildman–Crippen MR) is 75.9 cm³/mol. The molecule has 0 heterocycles. The molecule has 0 bridgehead atoms. The van der Waals surface area contributed by atoms with Gasteiger partial charge in [-0.1, -0.05) is 50.1 Å². The Bertz CT molecular complexity index is 294. The molecule has 1 heteroatoms. The van der Waals surface area contributed by atoms with Crippen molar-refractivity contribution in [3.05, 3.63) is 35.9 Å². The molecule has 1 rings (SSSR count). The molecule has 1 atom stereocenters. The van der Waals surface area contributed by atoms with E-state index in [1.807, 2.05) is 0 Å². The Balaban J connectivity index is 2.45. The zero-order valence-electron chi connectivity index (χ0n) is 11.8. The van der Waals surface area contributed by atoms with E-state index < -0.39 is 0 Å². The van der Waals surface area contributed by atoms with E-state index in [0.717, 1.165) is 0 Å². The highest BCUT2D eigenvalue weighted by Crippen LogP contribution is 2.14. The summed E-state index contributed by atoms with van der Waals surface area (Å²) >= 11 is 0. The van der Waals surface area contributed by atoms with Gasteiger partial charge in [0.15, 0.2) is 0 Å². The van der Waals surface area contributed by atoms with Gasteiger partial charge >= 0.3 is 0 Å². The molecule has 0 saturated carbocycles. The van der Waals surface area contributed by atoms with Crippen molar-refractivity contribution < 1.29 is 4.48 Å². The zero-order valence-corrected chi connectivity index (χ0v) is 11.8. The van der Waals surface area contributed by atoms with Crippen LogP contribution in [0.5, 0.6) is 0 Å². The van der Waals surface area contributed by atoms with Gasteiger partial charge in [0.1, 0.15) is 6.54 Å². The van der Waals surface area contributed by atoms with Crippen LogP contribution in [0.4, 0.5) is 0 Å². The van der Waals surface area contributed by atoms with Gasteiger partial charge in [0, 0.05) is 5.56 Å². The molecule has 0 N–H and O–H groups in total. The SMILES string of the molecule is CCCCCC[N+](C)(CC)Cc1ccccc1. The summed E-state index contributed by atoms with van der Waals surface area (Å²) in [7, 11) is 2.39. The van der Waals surface area contributed by atoms with E-state index in [-0.39, 0.29) is 0 Å². The van der Waals surface area contributed by atoms with Crippen molar-refractivity contribution in [2.45, 2.75) is 46.1 Å². The highest BCUT2D eigenvalue weighted by molar-refractivity contribution is 5.13. The Labute approximate surface area is 107 Å². The van der Waals surface area contributed by atoms with Crippen molar-refractivity contribution in [1.82, 2.24) is 0 Å². The lowest BCUT2D eigenvalue weighted by Crippen LogP contribution is -2.43. The summed E-state index contributed by atoms with van der Waals surface area (Å²) in [6.45, 7) is 8.29. The lowest BCUT2D eigenvalue weighted by Gasteiger charge is -2.33. The Hall–Kier alpha value is -0.820. The molecule has 0 aliphatic carbocycles. The molecular weight excluding hydrogens is 206 g/mol. The summed E-state index contributed by atoms with van der Waals surface area (Å²) in [5.74, 6) is 0. The van der Waals surface area contributed by atoms with Crippen LogP contribution in [0.2, 0.25) is 0 Å². The zero-order chi connectivity index (χ0) is 12.6. The lowest BCUT2D eigenvalue weighted by molar-refractivity contribution is -0.921. The van der Waals surface area contributed by atoms with Crippen LogP contribution in [0, 0.1) is 0 Å². The van der Waals surface area contributed by atoms with Gasteiger partial charge in [0.25, 0.3) is 0 Å². The summed E-state index contributed by atoms with van der Waals surface area (Å²) in [6.07, 6.45) is 5.47. The van der Waals surface area contributed by atoms with Crippen molar-refractivity contribution in [3.8, 4) is 0 Å². The first-order chi connectivity index (χ1) is 8.20. The monoisotopic (exact) mass is 234 g/mol. The number of benzene rings is 1. The molecule has 0 aromatic heterocycles. The third-order valence-corrected chi connectivity index (χ3v) is 3.72. The van der Waals surface area contributed by atoms with Crippen LogP contribution in [0.15, 0.2) is 30.3 Å². The number of nitrogens with zero attached hydrogens (tertiary/aromatic N) is 1. The maximum Gasteiger partial charge on any atom is 0.104 e. The molecule has 96 valence electrons. The van der Waals surface area contributed by atoms with Crippen molar-refractivity contribution in [3.63, 3.8) is 0 Å². The van der Waals surface area contributed by atoms with Gasteiger partial charge in [-0.05, 0) is 19.8 Å². The molecule has 0 saturated heterocycles. The minimum absolute atomic E-state index is 1.17. The fraction of sp³-hybridized carbons (Fsp3) is 0.625. The van der Waals surface area contributed by atoms with E-state index in [1.54, 1.807) is 0 Å². The molecule has 1 aromatic rings. The van der Waals surface area contributed by atoms with Gasteiger partial charge in [-0.3, -0.25) is 0 Å². The topological polar surface area (TPSA) is 0 Å². The predicted octanol–water partition coefficient (Wildman–Crippen LogP) is 4.23. The van der Waals surface area contributed by atoms with Crippen LogP contribution in [-0.4, -0.2) is 24.6 Å². The Morgan fingerprint density at radius 1 is 0.941 bits per heavy atom. The van der Waals surface area contributed by atoms with Crippen LogP contribution in [0.25, 0.3) is 0 Å². The molecule has 1 aromatic carbocycles. The van der Waals surface area contributed by atoms with Crippen molar-refractivity contribution in [1.29, 1.82) is 0 Å². The minimum Gasteiger partial charge on any atom is -0.323 e. The highest BCUT2D eigenvalue weighted by atomic mass is 15.3. The molecule has 0 spiro atoms. The van der Waals surface area contributed by atoms with Gasteiger partial charge in [-0.2, -0.15) is 0 Å². The van der Waals surface area contributed by atoms with Crippen LogP contribution >= 0.6 is 0 Å². The number of hydrogen-bond donors (Lipinski definition) is 0. The van der Waals surface area contributed by atoms with E-state index >= 15 is 0 Å². The molecule has 17 heavy (non-hydrogen) atoms. The molecule has 0 fully saturated rings. The van der Waals surface area contributed by atoms with E-state index in [2.05, 4.69) is 51.2 Å². The molecule has 1 unspecified atom stereocenters. The molecule has 0 aliphatic heterocycles. The lowest BCUT2D eigenvalue weighted by atomic mass is 10.1. The molecule has 0 amide bonds. The summed E-state index contributed by atoms with van der Waals surface area (Å²) in [6, 6.07) is 10.9. The van der Waals surface area contributed by atoms with Crippen LogP contribution < -0.4 is 0 Å². The molecule has 0 radical (unpaired) electrons. The largest absolute Gasteiger partial charge is 0.323 e. The Morgan fingerprint density at radius 2 is 1.65 bits per heavy atom. The van der Waals surface area contributed by atoms with E-state index in [9.17, 15) is 0 Å². The maximum atomic E-state index is 2.39. The summed E-state index contributed by atoms with van der Waals surface area (Å²) in [5, 5.41) is 0. The van der Waals surface area contributed by atoms with Gasteiger partial charge in [-0.25, -0.2) is 0 Å². The third kappa shape index (κ3) is 5.36. The number of unbranched alkanes of at least 4 members (excludes halogenated alkanes) is 3. The average molecular weight is 234 g/mol. The van der Waals surface area contributed by atoms with Crippen LogP contribution in [0.3, 0.4) is 0 Å². The fourth-order valence-corrected chi connectivity index (χ4v) is 2.29. The van der Waals surface area contributed by atoms with Crippen LogP contribution in [0.1, 0.15) is 45.1 Å². The summed E-state index contributed by atoms with van der Waals surface area (Å²) in [4.78, 5) is 0. The van der Waals surface area contributed by atoms with Crippen molar-refractivity contribution in [2.24, 2.45) is 0 Å². The second kappa shape index (κ2) is 7.50. The summed E-state index contributed by atoms with van der Waals surface area (Å²) < 4.78 is 1.17. The normalized spacial score (nSPS) is 14.5. The van der Waals surface area contributed by atoms with E-state index in [0.29, 0.717) is 0 Å². The van der Waals surface area contributed by atoms with Gasteiger partial charge in [0.05, 0.1) is 20.1 Å². The second-order valence-corrected chi connectivity index (χ2v) is 5.36. The number of hydrogen-bond acceptors (Lipinski definition) is 0. The smallest absolute Gasteiger partial charge is 0.104 e. The Morgan fingerprint density at radius 3 is 2.24 bits per heavy atom. The van der Waals surface area contributed by atoms with Crippen molar-refractivity contribution in [2.75, 3.05) is 20.1 Å². The minimum atomic E-state index is 1.17. The van der Waals surface area contributed by atoms with Crippen molar-refractivity contribution >= 4 is 0 Å². The second-order valence-electron chi connectivity index (χ2n) is 5.36. The first-order valence-electron chi connectivity index (χ1n) is 7.07. The van der Waals surface area contributed by atoms with Crippen LogP contribution in [-0.2, 0) is 6.54 Å². The number of quaternary nitrogens is 1. The average Bonchev–Trinajstić information content (AvgIpc) is 2.36. The maximum absolute atomic E-state index is 2.39. The summed E-state index contributed by atoms with van der Waals surface area (Å²) in [5.41, 5.74) is 1.47. The van der Waals surface area contributed by atoms with Gasteiger partial charge in [0.2, 0.25) is 0 Å². The number of rotatable bonds is 8. The first-order valence-corrected chi connectivity index (χ1v) is 7.07. The molecule has 1 nitrogen and oxygen atoms in total.